The summed E-state index contributed by atoms with van der Waals surface area (Å²) in [4.78, 5) is 1.34. The Morgan fingerprint density at radius 2 is 1.31 bits per heavy atom. The van der Waals surface area contributed by atoms with Crippen LogP contribution in [0.1, 0.15) is 16.2 Å². The summed E-state index contributed by atoms with van der Waals surface area (Å²) in [5, 5.41) is 6.58. The van der Waals surface area contributed by atoms with Crippen LogP contribution in [0.25, 0.3) is 11.0 Å². The van der Waals surface area contributed by atoms with Gasteiger partial charge in [0.25, 0.3) is 0 Å². The summed E-state index contributed by atoms with van der Waals surface area (Å²) in [5.41, 5.74) is 4.00. The van der Waals surface area contributed by atoms with Crippen LogP contribution in [0.4, 0.5) is 0 Å². The number of fused-ring (bicyclic) bond motifs is 1. The topological polar surface area (TPSA) is 2.70 Å². The van der Waals surface area contributed by atoms with Gasteiger partial charge in [0.05, 0.1) is 0 Å². The summed E-state index contributed by atoms with van der Waals surface area (Å²) in [7, 11) is 0. The molecule has 1 aliphatic heterocycles. The third kappa shape index (κ3) is 2.38. The SMILES string of the molecule is c1ccc(C2=C(c3cccs3)[B-](c3cccs3)(c3cccs3)[o+]3cccc32)cc1. The van der Waals surface area contributed by atoms with Crippen molar-refractivity contribution in [3.63, 3.8) is 0 Å². The summed E-state index contributed by atoms with van der Waals surface area (Å²) < 4.78 is 6.39. The van der Waals surface area contributed by atoms with E-state index in [0.717, 1.165) is 0 Å². The third-order valence-electron chi connectivity index (χ3n) is 5.77. The summed E-state index contributed by atoms with van der Waals surface area (Å²) in [6.07, 6.45) is 0.851. The van der Waals surface area contributed by atoms with Gasteiger partial charge in [-0.05, 0) is 37.3 Å². The Bertz CT molecular complexity index is 1240. The van der Waals surface area contributed by atoms with Gasteiger partial charge in [0, 0.05) is 22.6 Å². The second-order valence-electron chi connectivity index (χ2n) is 7.18. The summed E-state index contributed by atoms with van der Waals surface area (Å²) in [6, 6.07) is 28.6. The first-order valence-corrected chi connectivity index (χ1v) is 12.2. The predicted octanol–water partition coefficient (Wildman–Crippen LogP) is 6.27. The highest BCUT2D eigenvalue weighted by atomic mass is 32.1. The molecule has 0 spiro atoms. The Hall–Kier alpha value is -2.60. The van der Waals surface area contributed by atoms with Crippen molar-refractivity contribution in [2.45, 2.75) is 0 Å². The van der Waals surface area contributed by atoms with E-state index >= 15 is 0 Å². The van der Waals surface area contributed by atoms with Crippen molar-refractivity contribution in [2.24, 2.45) is 0 Å². The average Bonchev–Trinajstić information content (AvgIpc) is 3.57. The third-order valence-corrected chi connectivity index (χ3v) is 8.74. The van der Waals surface area contributed by atoms with Gasteiger partial charge >= 0.3 is 6.35 Å². The molecule has 1 aliphatic rings. The van der Waals surface area contributed by atoms with E-state index in [-0.39, 0.29) is 0 Å². The molecule has 0 atom stereocenters. The van der Waals surface area contributed by atoms with Crippen LogP contribution in [0.2, 0.25) is 0 Å². The van der Waals surface area contributed by atoms with E-state index in [4.69, 9.17) is 0 Å². The van der Waals surface area contributed by atoms with Crippen molar-refractivity contribution in [2.75, 3.05) is 0 Å². The molecule has 5 heteroatoms. The summed E-state index contributed by atoms with van der Waals surface area (Å²) in [5.74, 6) is 1.22. The van der Waals surface area contributed by atoms with Crippen LogP contribution in [0.5, 0.6) is 0 Å². The van der Waals surface area contributed by atoms with Crippen LogP contribution in [0.15, 0.2) is 105 Å². The van der Waals surface area contributed by atoms with Crippen molar-refractivity contribution in [3.8, 4) is 0 Å². The Kier molecular flexibility index (Phi) is 4.01. The van der Waals surface area contributed by atoms with E-state index in [1.807, 2.05) is 34.0 Å². The molecule has 0 radical (unpaired) electrons. The van der Waals surface area contributed by atoms with E-state index in [0.29, 0.717) is 0 Å². The van der Waals surface area contributed by atoms with E-state index < -0.39 is 6.35 Å². The minimum atomic E-state index is -1.34. The number of furan rings is 1. The number of hydrogen-bond donors (Lipinski definition) is 0. The van der Waals surface area contributed by atoms with Crippen LogP contribution in [0, 0.1) is 0 Å². The fourth-order valence-corrected chi connectivity index (χ4v) is 7.67. The first kappa shape index (κ1) is 17.3. The van der Waals surface area contributed by atoms with Gasteiger partial charge in [-0.15, -0.1) is 11.3 Å². The lowest BCUT2D eigenvalue weighted by molar-refractivity contribution is 0.377. The zero-order chi connectivity index (χ0) is 19.3. The van der Waals surface area contributed by atoms with Gasteiger partial charge in [-0.25, -0.2) is 0 Å². The summed E-state index contributed by atoms with van der Waals surface area (Å²) >= 11 is 5.52. The van der Waals surface area contributed by atoms with Gasteiger partial charge in [0.2, 0.25) is 5.76 Å². The molecule has 6 rings (SSSR count). The van der Waals surface area contributed by atoms with Crippen LogP contribution in [-0.4, -0.2) is 6.35 Å². The van der Waals surface area contributed by atoms with E-state index in [1.54, 1.807) is 0 Å². The Morgan fingerprint density at radius 3 is 1.93 bits per heavy atom. The van der Waals surface area contributed by atoms with Crippen molar-refractivity contribution < 1.29 is 3.96 Å². The van der Waals surface area contributed by atoms with Gasteiger partial charge in [-0.2, -0.15) is 22.7 Å². The van der Waals surface area contributed by atoms with Crippen LogP contribution < -0.4 is 9.55 Å². The molecule has 0 bridgehead atoms. The van der Waals surface area contributed by atoms with Crippen LogP contribution in [-0.2, 0) is 0 Å². The highest BCUT2D eigenvalue weighted by Crippen LogP contribution is 2.50. The quantitative estimate of drug-likeness (QED) is 0.234. The lowest BCUT2D eigenvalue weighted by atomic mass is 9.33. The normalized spacial score (nSPS) is 15.0. The van der Waals surface area contributed by atoms with Gasteiger partial charge < -0.3 is 3.96 Å². The lowest BCUT2D eigenvalue weighted by Crippen LogP contribution is -2.57. The number of benzene rings is 1. The molecule has 0 N–H and O–H groups in total. The van der Waals surface area contributed by atoms with Crippen molar-refractivity contribution >= 4 is 61.0 Å². The molecule has 0 amide bonds. The van der Waals surface area contributed by atoms with Crippen molar-refractivity contribution in [1.82, 2.24) is 0 Å². The van der Waals surface area contributed by atoms with Gasteiger partial charge in [0.15, 0.2) is 6.26 Å². The van der Waals surface area contributed by atoms with Crippen molar-refractivity contribution in [1.29, 1.82) is 0 Å². The van der Waals surface area contributed by atoms with Gasteiger partial charge in [-0.3, -0.25) is 0 Å². The van der Waals surface area contributed by atoms with Gasteiger partial charge in [-0.1, -0.05) is 66.1 Å². The zero-order valence-electron chi connectivity index (χ0n) is 15.5. The van der Waals surface area contributed by atoms with Crippen LogP contribution in [0.3, 0.4) is 0 Å². The maximum absolute atomic E-state index is 3.63. The standard InChI is InChI=1S/C24H17BOS3/c1-2-8-18(9-3-1)23-19-10-4-14-26(19)25(21-12-6-16-28-21,22-13-7-17-29-22)24(23)20-11-5-15-27-20/h1-17H. The molecule has 1 nitrogen and oxygen atoms in total. The second kappa shape index (κ2) is 6.73. The molecule has 29 heavy (non-hydrogen) atoms. The highest BCUT2D eigenvalue weighted by Gasteiger charge is 2.54. The number of hydrogen-bond acceptors (Lipinski definition) is 3. The largest absolute Gasteiger partial charge is 0.776 e. The molecule has 0 saturated heterocycles. The molecule has 140 valence electrons. The van der Waals surface area contributed by atoms with E-state index in [1.165, 1.54) is 36.8 Å². The average molecular weight is 428 g/mol. The minimum Gasteiger partial charge on any atom is -0.776 e. The first-order valence-electron chi connectivity index (χ1n) is 9.59. The smallest absolute Gasteiger partial charge is 0.440 e. The monoisotopic (exact) mass is 428 g/mol. The molecular formula is C24H17BOS3. The molecule has 0 unspecified atom stereocenters. The van der Waals surface area contributed by atoms with Gasteiger partial charge in [0.1, 0.15) is 0 Å². The van der Waals surface area contributed by atoms with Crippen LogP contribution >= 0.6 is 34.0 Å². The molecule has 5 aromatic rings. The Balaban J connectivity index is 1.82. The molecule has 1 aromatic carbocycles. The minimum absolute atomic E-state index is 1.22. The predicted molar refractivity (Wildman–Crippen MR) is 129 cm³/mol. The fourth-order valence-electron chi connectivity index (χ4n) is 4.71. The highest BCUT2D eigenvalue weighted by molar-refractivity contribution is 7.40. The molecular weight excluding hydrogens is 411 g/mol. The summed E-state index contributed by atoms with van der Waals surface area (Å²) in [6.45, 7) is 0. The molecule has 4 aromatic heterocycles. The maximum Gasteiger partial charge on any atom is 0.440 e. The molecule has 0 fully saturated rings. The first-order chi connectivity index (χ1) is 14.4. The molecule has 0 saturated carbocycles. The molecule has 5 heterocycles. The van der Waals surface area contributed by atoms with Crippen molar-refractivity contribution in [3.05, 3.63) is 117 Å². The number of thiophene rings is 3. The second-order valence-corrected chi connectivity index (χ2v) is 10.1. The van der Waals surface area contributed by atoms with E-state index in [2.05, 4.69) is 105 Å². The fraction of sp³-hybridized carbons (Fsp3) is 0. The number of rotatable bonds is 4. The Labute approximate surface area is 181 Å². The lowest BCUT2D eigenvalue weighted by Gasteiger charge is -2.35. The Morgan fingerprint density at radius 1 is 0.621 bits per heavy atom. The van der Waals surface area contributed by atoms with E-state index in [9.17, 15) is 0 Å². The maximum atomic E-state index is 3.63. The zero-order valence-corrected chi connectivity index (χ0v) is 18.0. The molecule has 0 aliphatic carbocycles.